The van der Waals surface area contributed by atoms with Crippen LogP contribution in [0, 0.1) is 17.8 Å². The van der Waals surface area contributed by atoms with Gasteiger partial charge in [0.2, 0.25) is 0 Å². The van der Waals surface area contributed by atoms with Gasteiger partial charge in [0.15, 0.2) is 12.4 Å². The van der Waals surface area contributed by atoms with E-state index < -0.39 is 5.97 Å². The van der Waals surface area contributed by atoms with Gasteiger partial charge >= 0.3 is 5.97 Å². The lowest BCUT2D eigenvalue weighted by atomic mass is 9.48. The van der Waals surface area contributed by atoms with Crippen molar-refractivity contribution in [3.8, 4) is 0 Å². The number of Topliss-reactive ketones (excluding diaryl/α,β-unsaturated/α-hetero) is 1. The second-order valence-corrected chi connectivity index (χ2v) is 9.14. The molecule has 0 unspecified atom stereocenters. The molecule has 3 nitrogen and oxygen atoms in total. The molecule has 0 aromatic heterocycles. The van der Waals surface area contributed by atoms with Crippen molar-refractivity contribution in [2.24, 2.45) is 17.8 Å². The van der Waals surface area contributed by atoms with E-state index in [1.165, 1.54) is 44.1 Å². The highest BCUT2D eigenvalue weighted by molar-refractivity contribution is 5.99. The maximum atomic E-state index is 12.4. The van der Waals surface area contributed by atoms with E-state index in [4.69, 9.17) is 4.74 Å². The first-order chi connectivity index (χ1) is 13.6. The Bertz CT molecular complexity index is 846. The van der Waals surface area contributed by atoms with Crippen LogP contribution in [0.4, 0.5) is 0 Å². The Morgan fingerprint density at radius 1 is 0.786 bits per heavy atom. The van der Waals surface area contributed by atoms with Gasteiger partial charge in [0.25, 0.3) is 0 Å². The van der Waals surface area contributed by atoms with Crippen LogP contribution < -0.4 is 0 Å². The molecular formula is C25H26O3. The van der Waals surface area contributed by atoms with Crippen molar-refractivity contribution in [1.82, 2.24) is 0 Å². The van der Waals surface area contributed by atoms with Gasteiger partial charge in [-0.1, -0.05) is 42.5 Å². The van der Waals surface area contributed by atoms with Crippen LogP contribution in [0.15, 0.2) is 54.6 Å². The average molecular weight is 374 g/mol. The normalized spacial score (nSPS) is 30.2. The second-order valence-electron chi connectivity index (χ2n) is 9.14. The summed E-state index contributed by atoms with van der Waals surface area (Å²) in [6.45, 7) is -0.223. The number of hydrogen-bond acceptors (Lipinski definition) is 3. The first-order valence-corrected chi connectivity index (χ1v) is 10.5. The van der Waals surface area contributed by atoms with Crippen molar-refractivity contribution >= 4 is 11.8 Å². The van der Waals surface area contributed by atoms with Gasteiger partial charge in [-0.2, -0.15) is 0 Å². The smallest absolute Gasteiger partial charge is 0.338 e. The number of rotatable bonds is 5. The van der Waals surface area contributed by atoms with Gasteiger partial charge in [-0.25, -0.2) is 4.79 Å². The first-order valence-electron chi connectivity index (χ1n) is 10.5. The molecule has 4 saturated carbocycles. The van der Waals surface area contributed by atoms with Crippen molar-refractivity contribution in [1.29, 1.82) is 0 Å². The number of hydrogen-bond donors (Lipinski definition) is 0. The largest absolute Gasteiger partial charge is 0.454 e. The van der Waals surface area contributed by atoms with Crippen molar-refractivity contribution in [2.75, 3.05) is 6.61 Å². The Labute approximate surface area is 166 Å². The molecule has 4 aliphatic carbocycles. The van der Waals surface area contributed by atoms with Gasteiger partial charge in [-0.15, -0.1) is 0 Å². The summed E-state index contributed by atoms with van der Waals surface area (Å²) in [7, 11) is 0. The molecular weight excluding hydrogens is 348 g/mol. The maximum absolute atomic E-state index is 12.4. The van der Waals surface area contributed by atoms with E-state index in [-0.39, 0.29) is 12.4 Å². The Morgan fingerprint density at radius 2 is 1.36 bits per heavy atom. The number of ketones is 1. The zero-order valence-corrected chi connectivity index (χ0v) is 16.1. The molecule has 0 N–H and O–H groups in total. The highest BCUT2D eigenvalue weighted by atomic mass is 16.5. The molecule has 0 spiro atoms. The molecule has 28 heavy (non-hydrogen) atoms. The molecule has 6 rings (SSSR count). The monoisotopic (exact) mass is 374 g/mol. The molecule has 0 atom stereocenters. The SMILES string of the molecule is O=C(COC(=O)c1ccc(C23CC4CC(CC(C4)C2)C3)cc1)c1ccccc1. The fourth-order valence-corrected chi connectivity index (χ4v) is 6.35. The predicted octanol–water partition coefficient (Wildman–Crippen LogP) is 5.19. The fourth-order valence-electron chi connectivity index (χ4n) is 6.35. The lowest BCUT2D eigenvalue weighted by Gasteiger charge is -2.57. The molecule has 3 heteroatoms. The Hall–Kier alpha value is -2.42. The van der Waals surface area contributed by atoms with Crippen LogP contribution in [0.3, 0.4) is 0 Å². The lowest BCUT2D eigenvalue weighted by Crippen LogP contribution is -2.48. The minimum absolute atomic E-state index is 0.181. The zero-order chi connectivity index (χ0) is 19.1. The lowest BCUT2D eigenvalue weighted by molar-refractivity contribution is -0.00521. The van der Waals surface area contributed by atoms with Gasteiger partial charge < -0.3 is 4.74 Å². The third kappa shape index (κ3) is 3.17. The number of carbonyl (C=O) groups excluding carboxylic acids is 2. The second kappa shape index (κ2) is 6.88. The molecule has 0 saturated heterocycles. The maximum Gasteiger partial charge on any atom is 0.338 e. The van der Waals surface area contributed by atoms with Gasteiger partial charge in [-0.3, -0.25) is 4.79 Å². The minimum Gasteiger partial charge on any atom is -0.454 e. The molecule has 4 bridgehead atoms. The van der Waals surface area contributed by atoms with E-state index in [9.17, 15) is 9.59 Å². The molecule has 0 heterocycles. The minimum atomic E-state index is -0.429. The molecule has 4 aliphatic rings. The summed E-state index contributed by atoms with van der Waals surface area (Å²) < 4.78 is 5.24. The van der Waals surface area contributed by atoms with E-state index in [1.807, 2.05) is 18.2 Å². The Kier molecular flexibility index (Phi) is 4.34. The highest BCUT2D eigenvalue weighted by Gasteiger charge is 2.51. The summed E-state index contributed by atoms with van der Waals surface area (Å²) in [6, 6.07) is 16.9. The molecule has 2 aromatic carbocycles. The fraction of sp³-hybridized carbons (Fsp3) is 0.440. The van der Waals surface area contributed by atoms with Crippen LogP contribution in [-0.4, -0.2) is 18.4 Å². The van der Waals surface area contributed by atoms with E-state index >= 15 is 0 Å². The van der Waals surface area contributed by atoms with Crippen LogP contribution in [-0.2, 0) is 10.2 Å². The quantitative estimate of drug-likeness (QED) is 0.534. The number of benzene rings is 2. The third-order valence-corrected chi connectivity index (χ3v) is 7.20. The summed E-state index contributed by atoms with van der Waals surface area (Å²) >= 11 is 0. The molecule has 2 aromatic rings. The Balaban J connectivity index is 1.25. The van der Waals surface area contributed by atoms with Crippen LogP contribution in [0.5, 0.6) is 0 Å². The first kappa shape index (κ1) is 17.7. The van der Waals surface area contributed by atoms with Gasteiger partial charge in [0.05, 0.1) is 5.56 Å². The van der Waals surface area contributed by atoms with Crippen LogP contribution in [0.2, 0.25) is 0 Å². The summed E-state index contributed by atoms with van der Waals surface area (Å²) in [4.78, 5) is 24.5. The van der Waals surface area contributed by atoms with Crippen molar-refractivity contribution in [3.63, 3.8) is 0 Å². The van der Waals surface area contributed by atoms with Gasteiger partial charge in [0.1, 0.15) is 0 Å². The van der Waals surface area contributed by atoms with E-state index in [0.29, 0.717) is 16.5 Å². The van der Waals surface area contributed by atoms with E-state index in [2.05, 4.69) is 12.1 Å². The van der Waals surface area contributed by atoms with Gasteiger partial charge in [-0.05, 0) is 79.4 Å². The average Bonchev–Trinajstić information content (AvgIpc) is 2.71. The van der Waals surface area contributed by atoms with E-state index in [1.54, 1.807) is 24.3 Å². The zero-order valence-electron chi connectivity index (χ0n) is 16.1. The molecule has 4 fully saturated rings. The topological polar surface area (TPSA) is 43.4 Å². The van der Waals surface area contributed by atoms with Crippen molar-refractivity contribution in [3.05, 3.63) is 71.3 Å². The standard InChI is InChI=1S/C25H26O3/c26-23(20-4-2-1-3-5-20)16-28-24(27)21-6-8-22(9-7-21)25-13-17-10-18(14-25)12-19(11-17)15-25/h1-9,17-19H,10-16H2. The van der Waals surface area contributed by atoms with Crippen LogP contribution in [0.1, 0.15) is 64.8 Å². The molecule has 0 radical (unpaired) electrons. The summed E-state index contributed by atoms with van der Waals surface area (Å²) in [5.41, 5.74) is 2.81. The number of carbonyl (C=O) groups is 2. The van der Waals surface area contributed by atoms with Gasteiger partial charge in [0, 0.05) is 5.56 Å². The van der Waals surface area contributed by atoms with Crippen LogP contribution >= 0.6 is 0 Å². The molecule has 144 valence electrons. The highest BCUT2D eigenvalue weighted by Crippen LogP contribution is 2.60. The molecule has 0 amide bonds. The number of esters is 1. The Morgan fingerprint density at radius 3 is 1.93 bits per heavy atom. The van der Waals surface area contributed by atoms with Crippen LogP contribution in [0.25, 0.3) is 0 Å². The summed E-state index contributed by atoms with van der Waals surface area (Å²) in [5.74, 6) is 2.10. The summed E-state index contributed by atoms with van der Waals surface area (Å²) in [5, 5.41) is 0. The van der Waals surface area contributed by atoms with E-state index in [0.717, 1.165) is 17.8 Å². The molecule has 0 aliphatic heterocycles. The third-order valence-electron chi connectivity index (χ3n) is 7.20. The van der Waals surface area contributed by atoms with Crippen molar-refractivity contribution < 1.29 is 14.3 Å². The summed E-state index contributed by atoms with van der Waals surface area (Å²) in [6.07, 6.45) is 8.23. The number of ether oxygens (including phenoxy) is 1. The van der Waals surface area contributed by atoms with Crippen molar-refractivity contribution in [2.45, 2.75) is 43.9 Å². The predicted molar refractivity (Wildman–Crippen MR) is 107 cm³/mol.